The minimum atomic E-state index is -0.738. The highest BCUT2D eigenvalue weighted by Crippen LogP contribution is 2.44. The number of halogens is 1. The van der Waals surface area contributed by atoms with Gasteiger partial charge in [0.05, 0.1) is 16.8 Å². The summed E-state index contributed by atoms with van der Waals surface area (Å²) in [4.78, 5) is 12.0. The summed E-state index contributed by atoms with van der Waals surface area (Å²) in [6.45, 7) is 2.00. The number of hydrogen-bond donors (Lipinski definition) is 2. The summed E-state index contributed by atoms with van der Waals surface area (Å²) in [5.74, 6) is -0.458. The Balaban J connectivity index is 1.49. The highest BCUT2D eigenvalue weighted by atomic mass is 19.1. The second-order valence-electron chi connectivity index (χ2n) is 8.96. The van der Waals surface area contributed by atoms with Gasteiger partial charge in [-0.1, -0.05) is 0 Å². The Kier molecular flexibility index (Phi) is 4.33. The molecule has 2 aliphatic rings. The molecule has 2 fully saturated rings. The van der Waals surface area contributed by atoms with Gasteiger partial charge in [0.15, 0.2) is 17.4 Å². The Morgan fingerprint density at radius 2 is 2.00 bits per heavy atom. The van der Waals surface area contributed by atoms with Gasteiger partial charge in [0.25, 0.3) is 0 Å². The fourth-order valence-electron chi connectivity index (χ4n) is 4.76. The van der Waals surface area contributed by atoms with E-state index in [1.54, 1.807) is 19.3 Å². The first kappa shape index (κ1) is 19.4. The van der Waals surface area contributed by atoms with Crippen LogP contribution in [0.15, 0.2) is 30.5 Å². The largest absolute Gasteiger partial charge is 0.504 e. The molecule has 2 N–H and O–H groups in total. The smallest absolute Gasteiger partial charge is 0.193 e. The lowest BCUT2D eigenvalue weighted by Gasteiger charge is -2.20. The van der Waals surface area contributed by atoms with Gasteiger partial charge in [-0.3, -0.25) is 4.68 Å². The van der Waals surface area contributed by atoms with Crippen LogP contribution in [-0.2, 0) is 7.05 Å². The predicted octanol–water partition coefficient (Wildman–Crippen LogP) is 3.70. The number of rotatable bonds is 4. The molecule has 4 aromatic rings. The van der Waals surface area contributed by atoms with Crippen molar-refractivity contribution in [3.8, 4) is 17.1 Å². The second kappa shape index (κ2) is 7.13. The first-order chi connectivity index (χ1) is 15.5. The molecule has 1 saturated heterocycles. The summed E-state index contributed by atoms with van der Waals surface area (Å²) in [5.41, 5.74) is 3.43. The molecule has 2 aromatic carbocycles. The van der Waals surface area contributed by atoms with Crippen molar-refractivity contribution in [1.82, 2.24) is 25.1 Å². The van der Waals surface area contributed by atoms with E-state index in [9.17, 15) is 9.50 Å². The normalized spacial score (nSPS) is 18.8. The zero-order chi connectivity index (χ0) is 22.0. The zero-order valence-electron chi connectivity index (χ0n) is 18.1. The number of aromatic nitrogens is 4. The Labute approximate surface area is 184 Å². The van der Waals surface area contributed by atoms with E-state index in [2.05, 4.69) is 27.4 Å². The van der Waals surface area contributed by atoms with Crippen LogP contribution in [-0.4, -0.2) is 51.0 Å². The Hall–Kier alpha value is -3.26. The van der Waals surface area contributed by atoms with E-state index in [4.69, 9.17) is 9.97 Å². The monoisotopic (exact) mass is 432 g/mol. The van der Waals surface area contributed by atoms with Crippen molar-refractivity contribution in [2.75, 3.05) is 25.0 Å². The van der Waals surface area contributed by atoms with Crippen molar-refractivity contribution in [1.29, 1.82) is 0 Å². The predicted molar refractivity (Wildman–Crippen MR) is 123 cm³/mol. The van der Waals surface area contributed by atoms with Crippen LogP contribution in [0.25, 0.3) is 33.2 Å². The molecule has 164 valence electrons. The molecular weight excluding hydrogens is 407 g/mol. The van der Waals surface area contributed by atoms with Gasteiger partial charge in [-0.15, -0.1) is 0 Å². The fourth-order valence-corrected chi connectivity index (χ4v) is 4.76. The van der Waals surface area contributed by atoms with Crippen molar-refractivity contribution in [3.05, 3.63) is 42.0 Å². The summed E-state index contributed by atoms with van der Waals surface area (Å²) < 4.78 is 16.4. The molecule has 7 nitrogen and oxygen atoms in total. The molecule has 1 aliphatic carbocycles. The van der Waals surface area contributed by atoms with Crippen LogP contribution in [0.4, 0.5) is 10.1 Å². The maximum absolute atomic E-state index is 14.8. The number of benzene rings is 2. The minimum Gasteiger partial charge on any atom is -0.504 e. The van der Waals surface area contributed by atoms with Gasteiger partial charge < -0.3 is 15.3 Å². The van der Waals surface area contributed by atoms with Gasteiger partial charge in [0.1, 0.15) is 5.52 Å². The number of nitrogens with one attached hydrogen (secondary N) is 1. The number of fused-ring (bicyclic) bond motifs is 2. The lowest BCUT2D eigenvalue weighted by Crippen LogP contribution is -2.29. The van der Waals surface area contributed by atoms with Crippen molar-refractivity contribution < 1.29 is 9.50 Å². The fraction of sp³-hybridized carbons (Fsp3) is 0.375. The average molecular weight is 433 g/mol. The van der Waals surface area contributed by atoms with Crippen LogP contribution < -0.4 is 10.2 Å². The van der Waals surface area contributed by atoms with Gasteiger partial charge in [0, 0.05) is 54.8 Å². The third-order valence-electron chi connectivity index (χ3n) is 6.70. The van der Waals surface area contributed by atoms with E-state index < -0.39 is 11.6 Å². The van der Waals surface area contributed by atoms with Crippen LogP contribution in [0, 0.1) is 5.82 Å². The molecule has 8 heteroatoms. The summed E-state index contributed by atoms with van der Waals surface area (Å²) in [7, 11) is 3.74. The van der Waals surface area contributed by atoms with Crippen LogP contribution in [0.5, 0.6) is 5.75 Å². The third kappa shape index (κ3) is 3.09. The molecule has 2 aromatic heterocycles. The first-order valence-corrected chi connectivity index (χ1v) is 11.1. The van der Waals surface area contributed by atoms with Gasteiger partial charge in [-0.05, 0) is 50.6 Å². The molecule has 1 aliphatic heterocycles. The molecule has 0 spiro atoms. The molecule has 32 heavy (non-hydrogen) atoms. The lowest BCUT2D eigenvalue weighted by atomic mass is 10.1. The molecule has 0 radical (unpaired) electrons. The van der Waals surface area contributed by atoms with E-state index in [1.165, 1.54) is 10.4 Å². The molecule has 0 amide bonds. The summed E-state index contributed by atoms with van der Waals surface area (Å²) >= 11 is 0. The van der Waals surface area contributed by atoms with Crippen molar-refractivity contribution in [2.45, 2.75) is 31.2 Å². The SMILES string of the molecule is CN[C@H]1CCN(c2ccc3nc(-c4cc5cn(C)nc5c(F)c4O)nc(C4CC4)c3c2)C1. The number of phenolic OH excluding ortho intramolecular Hbond substituents is 1. The van der Waals surface area contributed by atoms with Crippen LogP contribution in [0.3, 0.4) is 0 Å². The Morgan fingerprint density at radius 3 is 2.75 bits per heavy atom. The van der Waals surface area contributed by atoms with Crippen LogP contribution in [0.1, 0.15) is 30.9 Å². The van der Waals surface area contributed by atoms with Gasteiger partial charge in [0.2, 0.25) is 0 Å². The van der Waals surface area contributed by atoms with Gasteiger partial charge in [-0.25, -0.2) is 14.4 Å². The van der Waals surface area contributed by atoms with E-state index in [1.807, 2.05) is 13.1 Å². The van der Waals surface area contributed by atoms with Gasteiger partial charge in [-0.2, -0.15) is 5.10 Å². The number of likely N-dealkylation sites (N-methyl/N-ethyl adjacent to an activating group) is 1. The molecule has 0 bridgehead atoms. The highest BCUT2D eigenvalue weighted by Gasteiger charge is 2.30. The third-order valence-corrected chi connectivity index (χ3v) is 6.70. The molecule has 0 unspecified atom stereocenters. The number of hydrogen-bond acceptors (Lipinski definition) is 6. The number of nitrogens with zero attached hydrogens (tertiary/aromatic N) is 5. The average Bonchev–Trinajstić information content (AvgIpc) is 3.40. The first-order valence-electron chi connectivity index (χ1n) is 11.1. The zero-order valence-corrected chi connectivity index (χ0v) is 18.1. The lowest BCUT2D eigenvalue weighted by molar-refractivity contribution is 0.437. The molecule has 6 rings (SSSR count). The van der Waals surface area contributed by atoms with Crippen molar-refractivity contribution >= 4 is 27.5 Å². The van der Waals surface area contributed by atoms with E-state index in [-0.39, 0.29) is 5.52 Å². The van der Waals surface area contributed by atoms with Crippen LogP contribution >= 0.6 is 0 Å². The standard InChI is InChI=1S/C24H25FN6O/c1-26-15-7-8-31(12-15)16-5-6-19-17(10-16)21(13-3-4-13)28-24(27-19)18-9-14-11-30(2)29-22(14)20(25)23(18)32/h5-6,9-11,13,15,26,32H,3-4,7-8,12H2,1-2H3/t15-/m0/s1. The topological polar surface area (TPSA) is 79.1 Å². The minimum absolute atomic E-state index is 0.145. The summed E-state index contributed by atoms with van der Waals surface area (Å²) in [5, 5.41) is 19.7. The number of phenols is 1. The van der Waals surface area contributed by atoms with Gasteiger partial charge >= 0.3 is 0 Å². The molecule has 1 saturated carbocycles. The molecular formula is C24H25FN6O. The number of aromatic hydroxyl groups is 1. The maximum Gasteiger partial charge on any atom is 0.193 e. The van der Waals surface area contributed by atoms with E-state index >= 15 is 0 Å². The Morgan fingerprint density at radius 1 is 1.16 bits per heavy atom. The number of aryl methyl sites for hydroxylation is 1. The van der Waals surface area contributed by atoms with E-state index in [0.717, 1.165) is 48.9 Å². The summed E-state index contributed by atoms with van der Waals surface area (Å²) in [6.07, 6.45) is 5.03. The quantitative estimate of drug-likeness (QED) is 0.512. The molecule has 3 heterocycles. The second-order valence-corrected chi connectivity index (χ2v) is 8.96. The molecule has 1 atom stereocenters. The van der Waals surface area contributed by atoms with Crippen molar-refractivity contribution in [3.63, 3.8) is 0 Å². The summed E-state index contributed by atoms with van der Waals surface area (Å²) in [6, 6.07) is 8.53. The highest BCUT2D eigenvalue weighted by molar-refractivity contribution is 5.90. The number of anilines is 1. The maximum atomic E-state index is 14.8. The van der Waals surface area contributed by atoms with E-state index in [0.29, 0.717) is 28.7 Å². The van der Waals surface area contributed by atoms with Crippen molar-refractivity contribution in [2.24, 2.45) is 7.05 Å². The Bertz CT molecular complexity index is 1360. The van der Waals surface area contributed by atoms with Crippen LogP contribution in [0.2, 0.25) is 0 Å².